The minimum absolute atomic E-state index is 0.0340. The number of sulfonamides is 1. The van der Waals surface area contributed by atoms with Crippen molar-refractivity contribution >= 4 is 33.2 Å². The molecule has 1 heterocycles. The number of benzene rings is 1. The number of hydrogen-bond donors (Lipinski definition) is 1. The first-order valence-corrected chi connectivity index (χ1v) is 10.8. The lowest BCUT2D eigenvalue weighted by molar-refractivity contribution is 0.223. The minimum Gasteiger partial charge on any atom is -0.492 e. The van der Waals surface area contributed by atoms with Crippen LogP contribution in [0.15, 0.2) is 41.4 Å². The Kier molecular flexibility index (Phi) is 8.31. The Balaban J connectivity index is 1.89. The van der Waals surface area contributed by atoms with Gasteiger partial charge in [0.25, 0.3) is 0 Å². The minimum atomic E-state index is -3.73. The zero-order valence-electron chi connectivity index (χ0n) is 15.3. The van der Waals surface area contributed by atoms with Gasteiger partial charge >= 0.3 is 0 Å². The molecule has 0 aliphatic heterocycles. The van der Waals surface area contributed by atoms with Crippen molar-refractivity contribution in [1.82, 2.24) is 14.6 Å². The van der Waals surface area contributed by atoms with Crippen molar-refractivity contribution in [3.63, 3.8) is 0 Å². The molecular formula is C18H23Cl2N3O3S. The molecule has 9 heteroatoms. The van der Waals surface area contributed by atoms with Crippen LogP contribution in [0.1, 0.15) is 19.4 Å². The summed E-state index contributed by atoms with van der Waals surface area (Å²) in [7, 11) is -3.73. The van der Waals surface area contributed by atoms with Crippen LogP contribution in [0.2, 0.25) is 10.2 Å². The molecule has 0 amide bonds. The SMILES string of the molecule is CCN(CC)CCOc1ccc(CNS(=O)(=O)c2cnc(Cl)c(Cl)c2)cc1. The van der Waals surface area contributed by atoms with Gasteiger partial charge in [-0.1, -0.05) is 49.2 Å². The van der Waals surface area contributed by atoms with E-state index in [0.717, 1.165) is 30.9 Å². The number of hydrogen-bond acceptors (Lipinski definition) is 5. The molecule has 0 aliphatic carbocycles. The topological polar surface area (TPSA) is 71.5 Å². The summed E-state index contributed by atoms with van der Waals surface area (Å²) in [4.78, 5) is 6.00. The van der Waals surface area contributed by atoms with Gasteiger partial charge in [0, 0.05) is 19.3 Å². The molecule has 1 N–H and O–H groups in total. The van der Waals surface area contributed by atoms with Crippen molar-refractivity contribution in [3.05, 3.63) is 52.3 Å². The third-order valence-electron chi connectivity index (χ3n) is 4.04. The van der Waals surface area contributed by atoms with Crippen LogP contribution in [-0.2, 0) is 16.6 Å². The largest absolute Gasteiger partial charge is 0.492 e. The van der Waals surface area contributed by atoms with Crippen LogP contribution < -0.4 is 9.46 Å². The Morgan fingerprint density at radius 2 is 1.81 bits per heavy atom. The lowest BCUT2D eigenvalue weighted by atomic mass is 10.2. The summed E-state index contributed by atoms with van der Waals surface area (Å²) in [6.45, 7) is 7.84. The van der Waals surface area contributed by atoms with Gasteiger partial charge in [-0.2, -0.15) is 0 Å². The average Bonchev–Trinajstić information content (AvgIpc) is 2.66. The van der Waals surface area contributed by atoms with Crippen LogP contribution in [0.3, 0.4) is 0 Å². The van der Waals surface area contributed by atoms with E-state index in [1.54, 1.807) is 0 Å². The Morgan fingerprint density at radius 3 is 2.41 bits per heavy atom. The lowest BCUT2D eigenvalue weighted by Gasteiger charge is -2.18. The van der Waals surface area contributed by atoms with Crippen LogP contribution in [0.5, 0.6) is 5.75 Å². The second kappa shape index (κ2) is 10.2. The van der Waals surface area contributed by atoms with Gasteiger partial charge in [0.15, 0.2) is 0 Å². The summed E-state index contributed by atoms with van der Waals surface area (Å²) >= 11 is 11.5. The highest BCUT2D eigenvalue weighted by atomic mass is 35.5. The molecule has 2 rings (SSSR count). The van der Waals surface area contributed by atoms with E-state index in [0.29, 0.717) is 6.61 Å². The predicted molar refractivity (Wildman–Crippen MR) is 108 cm³/mol. The first kappa shape index (κ1) is 21.9. The molecule has 2 aromatic rings. The number of rotatable bonds is 10. The van der Waals surface area contributed by atoms with Crippen LogP contribution in [0, 0.1) is 0 Å². The Morgan fingerprint density at radius 1 is 1.15 bits per heavy atom. The molecule has 0 bridgehead atoms. The Hall–Kier alpha value is -1.38. The summed E-state index contributed by atoms with van der Waals surface area (Å²) < 4.78 is 32.9. The molecule has 6 nitrogen and oxygen atoms in total. The third kappa shape index (κ3) is 6.62. The van der Waals surface area contributed by atoms with Gasteiger partial charge in [0.1, 0.15) is 22.4 Å². The molecule has 0 unspecified atom stereocenters. The van der Waals surface area contributed by atoms with Gasteiger partial charge in [-0.05, 0) is 36.9 Å². The van der Waals surface area contributed by atoms with Crippen molar-refractivity contribution < 1.29 is 13.2 Å². The summed E-state index contributed by atoms with van der Waals surface area (Å²) in [5.74, 6) is 0.752. The zero-order chi connectivity index (χ0) is 19.9. The summed E-state index contributed by atoms with van der Waals surface area (Å²) in [6, 6.07) is 8.57. The van der Waals surface area contributed by atoms with E-state index in [2.05, 4.69) is 28.5 Å². The number of likely N-dealkylation sites (N-methyl/N-ethyl adjacent to an activating group) is 1. The molecule has 148 valence electrons. The monoisotopic (exact) mass is 431 g/mol. The van der Waals surface area contributed by atoms with E-state index in [9.17, 15) is 8.42 Å². The summed E-state index contributed by atoms with van der Waals surface area (Å²) in [6.07, 6.45) is 1.17. The van der Waals surface area contributed by atoms with E-state index in [-0.39, 0.29) is 21.6 Å². The van der Waals surface area contributed by atoms with E-state index in [1.807, 2.05) is 24.3 Å². The van der Waals surface area contributed by atoms with E-state index >= 15 is 0 Å². The number of halogens is 2. The first-order chi connectivity index (χ1) is 12.9. The maximum Gasteiger partial charge on any atom is 0.242 e. The molecular weight excluding hydrogens is 409 g/mol. The molecule has 1 aromatic carbocycles. The number of nitrogens with one attached hydrogen (secondary N) is 1. The van der Waals surface area contributed by atoms with Gasteiger partial charge in [-0.15, -0.1) is 0 Å². The standard InChI is InChI=1S/C18H23Cl2N3O3S/c1-3-23(4-2)9-10-26-15-7-5-14(6-8-15)12-22-27(24,25)16-11-17(19)18(20)21-13-16/h5-8,11,13,22H,3-4,9-10,12H2,1-2H3. The fourth-order valence-electron chi connectivity index (χ4n) is 2.35. The Labute approximate surface area is 170 Å². The Bertz CT molecular complexity index is 841. The number of ether oxygens (including phenoxy) is 1. The van der Waals surface area contributed by atoms with Gasteiger partial charge in [0.2, 0.25) is 10.0 Å². The highest BCUT2D eigenvalue weighted by Gasteiger charge is 2.16. The molecule has 0 atom stereocenters. The lowest BCUT2D eigenvalue weighted by Crippen LogP contribution is -2.27. The molecule has 0 spiro atoms. The van der Waals surface area contributed by atoms with Crippen LogP contribution in [0.25, 0.3) is 0 Å². The van der Waals surface area contributed by atoms with Gasteiger partial charge in [-0.25, -0.2) is 18.1 Å². The highest BCUT2D eigenvalue weighted by Crippen LogP contribution is 2.22. The first-order valence-electron chi connectivity index (χ1n) is 8.60. The van der Waals surface area contributed by atoms with Crippen molar-refractivity contribution in [2.75, 3.05) is 26.2 Å². The van der Waals surface area contributed by atoms with Crippen LogP contribution >= 0.6 is 23.2 Å². The normalized spacial score (nSPS) is 11.7. The maximum absolute atomic E-state index is 12.3. The molecule has 0 fully saturated rings. The number of aromatic nitrogens is 1. The smallest absolute Gasteiger partial charge is 0.242 e. The van der Waals surface area contributed by atoms with Crippen molar-refractivity contribution in [1.29, 1.82) is 0 Å². The van der Waals surface area contributed by atoms with Crippen molar-refractivity contribution in [2.24, 2.45) is 0 Å². The van der Waals surface area contributed by atoms with Crippen LogP contribution in [0.4, 0.5) is 0 Å². The second-order valence-electron chi connectivity index (χ2n) is 5.79. The van der Waals surface area contributed by atoms with Gasteiger partial charge < -0.3 is 9.64 Å². The average molecular weight is 432 g/mol. The highest BCUT2D eigenvalue weighted by molar-refractivity contribution is 7.89. The molecule has 1 aromatic heterocycles. The summed E-state index contributed by atoms with van der Waals surface area (Å²) in [5.41, 5.74) is 0.808. The molecule has 27 heavy (non-hydrogen) atoms. The van der Waals surface area contributed by atoms with E-state index in [1.165, 1.54) is 12.3 Å². The van der Waals surface area contributed by atoms with Crippen LogP contribution in [-0.4, -0.2) is 44.5 Å². The summed E-state index contributed by atoms with van der Waals surface area (Å²) in [5, 5.41) is 0.151. The maximum atomic E-state index is 12.3. The molecule has 0 radical (unpaired) electrons. The number of pyridine rings is 1. The number of nitrogens with zero attached hydrogens (tertiary/aromatic N) is 2. The molecule has 0 saturated carbocycles. The molecule has 0 saturated heterocycles. The van der Waals surface area contributed by atoms with E-state index in [4.69, 9.17) is 27.9 Å². The van der Waals surface area contributed by atoms with Gasteiger partial charge in [-0.3, -0.25) is 0 Å². The zero-order valence-corrected chi connectivity index (χ0v) is 17.6. The fourth-order valence-corrected chi connectivity index (χ4v) is 3.67. The van der Waals surface area contributed by atoms with Crippen molar-refractivity contribution in [2.45, 2.75) is 25.3 Å². The third-order valence-corrected chi connectivity index (χ3v) is 6.10. The van der Waals surface area contributed by atoms with E-state index < -0.39 is 10.0 Å². The fraction of sp³-hybridized carbons (Fsp3) is 0.389. The quantitative estimate of drug-likeness (QED) is 0.581. The van der Waals surface area contributed by atoms with Crippen molar-refractivity contribution in [3.8, 4) is 5.75 Å². The van der Waals surface area contributed by atoms with Gasteiger partial charge in [0.05, 0.1) is 5.02 Å². The predicted octanol–water partition coefficient (Wildman–Crippen LogP) is 3.59. The molecule has 0 aliphatic rings. The second-order valence-corrected chi connectivity index (χ2v) is 8.32.